The molecule has 1 fully saturated rings. The Balaban J connectivity index is 2.29. The van der Waals surface area contributed by atoms with E-state index in [1.54, 1.807) is 7.05 Å². The molecule has 0 aromatic rings. The van der Waals surface area contributed by atoms with Gasteiger partial charge in [0, 0.05) is 13.1 Å². The highest BCUT2D eigenvalue weighted by molar-refractivity contribution is 5.73. The van der Waals surface area contributed by atoms with Gasteiger partial charge in [-0.05, 0) is 12.8 Å². The summed E-state index contributed by atoms with van der Waals surface area (Å²) >= 11 is 0. The van der Waals surface area contributed by atoms with Crippen molar-refractivity contribution < 1.29 is 4.79 Å². The number of rotatable bonds is 1. The molecule has 2 N–H and O–H groups in total. The van der Waals surface area contributed by atoms with Crippen molar-refractivity contribution in [3.05, 3.63) is 0 Å². The fraction of sp³-hybridized carbons (Fsp3) is 0.929. The predicted octanol–water partition coefficient (Wildman–Crippen LogP) is 3.59. The van der Waals surface area contributed by atoms with E-state index in [0.717, 1.165) is 12.8 Å². The molecule has 3 nitrogen and oxygen atoms in total. The fourth-order valence-corrected chi connectivity index (χ4v) is 2.57. The molecule has 0 aliphatic heterocycles. The molecule has 1 aliphatic carbocycles. The third-order valence-electron chi connectivity index (χ3n) is 3.67. The number of amides is 2. The Morgan fingerprint density at radius 1 is 0.824 bits per heavy atom. The van der Waals surface area contributed by atoms with Gasteiger partial charge in [-0.2, -0.15) is 0 Å². The summed E-state index contributed by atoms with van der Waals surface area (Å²) in [6, 6.07) is 0.358. The van der Waals surface area contributed by atoms with Crippen molar-refractivity contribution in [2.75, 3.05) is 7.05 Å². The lowest BCUT2D eigenvalue weighted by Gasteiger charge is -2.19. The summed E-state index contributed by atoms with van der Waals surface area (Å²) in [5.41, 5.74) is 0. The molecule has 0 atom stereocenters. The van der Waals surface area contributed by atoms with Crippen LogP contribution in [0.15, 0.2) is 0 Å². The average molecular weight is 240 g/mol. The Hall–Kier alpha value is -0.730. The van der Waals surface area contributed by atoms with Crippen LogP contribution in [0.3, 0.4) is 0 Å². The van der Waals surface area contributed by atoms with Crippen molar-refractivity contribution in [3.8, 4) is 0 Å². The van der Waals surface area contributed by atoms with E-state index in [9.17, 15) is 4.79 Å². The zero-order valence-electron chi connectivity index (χ0n) is 11.3. The molecule has 0 saturated heterocycles. The summed E-state index contributed by atoms with van der Waals surface area (Å²) in [5, 5.41) is 5.72. The lowest BCUT2D eigenvalue weighted by Crippen LogP contribution is -2.40. The van der Waals surface area contributed by atoms with Gasteiger partial charge < -0.3 is 10.6 Å². The quantitative estimate of drug-likeness (QED) is 0.722. The maximum absolute atomic E-state index is 11.3. The van der Waals surface area contributed by atoms with Gasteiger partial charge in [0.15, 0.2) is 0 Å². The SMILES string of the molecule is CNC(=O)NC1CCCCCCCCCCC1. The van der Waals surface area contributed by atoms with Gasteiger partial charge in [-0.3, -0.25) is 0 Å². The van der Waals surface area contributed by atoms with E-state index < -0.39 is 0 Å². The number of hydrogen-bond donors (Lipinski definition) is 2. The maximum Gasteiger partial charge on any atom is 0.314 e. The first-order chi connectivity index (χ1) is 8.33. The van der Waals surface area contributed by atoms with E-state index in [1.807, 2.05) is 0 Å². The van der Waals surface area contributed by atoms with Gasteiger partial charge in [0.25, 0.3) is 0 Å². The molecule has 2 amide bonds. The van der Waals surface area contributed by atoms with Crippen molar-refractivity contribution in [2.45, 2.75) is 76.7 Å². The molecular formula is C14H28N2O. The number of carbonyl (C=O) groups excluding carboxylic acids is 1. The van der Waals surface area contributed by atoms with E-state index in [0.29, 0.717) is 6.04 Å². The Morgan fingerprint density at radius 3 is 1.65 bits per heavy atom. The Labute approximate surface area is 106 Å². The molecule has 1 rings (SSSR count). The summed E-state index contributed by atoms with van der Waals surface area (Å²) in [7, 11) is 1.69. The van der Waals surface area contributed by atoms with Gasteiger partial charge >= 0.3 is 6.03 Å². The van der Waals surface area contributed by atoms with Crippen molar-refractivity contribution in [2.24, 2.45) is 0 Å². The normalized spacial score (nSPS) is 21.0. The summed E-state index contributed by atoms with van der Waals surface area (Å²) in [5.74, 6) is 0. The lowest BCUT2D eigenvalue weighted by atomic mass is 9.98. The Bertz CT molecular complexity index is 194. The monoisotopic (exact) mass is 240 g/mol. The van der Waals surface area contributed by atoms with Crippen LogP contribution in [0.1, 0.15) is 70.6 Å². The Kier molecular flexibility index (Phi) is 7.85. The second-order valence-electron chi connectivity index (χ2n) is 5.18. The molecule has 100 valence electrons. The van der Waals surface area contributed by atoms with Crippen molar-refractivity contribution >= 4 is 6.03 Å². The molecule has 0 heterocycles. The van der Waals surface area contributed by atoms with E-state index >= 15 is 0 Å². The summed E-state index contributed by atoms with van der Waals surface area (Å²) in [4.78, 5) is 11.3. The molecule has 0 unspecified atom stereocenters. The van der Waals surface area contributed by atoms with Gasteiger partial charge in [-0.25, -0.2) is 4.79 Å². The van der Waals surface area contributed by atoms with E-state index in [2.05, 4.69) is 10.6 Å². The van der Waals surface area contributed by atoms with Crippen molar-refractivity contribution in [3.63, 3.8) is 0 Å². The van der Waals surface area contributed by atoms with Crippen LogP contribution < -0.4 is 10.6 Å². The van der Waals surface area contributed by atoms with Crippen LogP contribution in [0.4, 0.5) is 4.79 Å². The molecule has 17 heavy (non-hydrogen) atoms. The van der Waals surface area contributed by atoms with Crippen LogP contribution in [0, 0.1) is 0 Å². The molecule has 0 radical (unpaired) electrons. The molecule has 0 bridgehead atoms. The number of nitrogens with one attached hydrogen (secondary N) is 2. The predicted molar refractivity (Wildman–Crippen MR) is 72.2 cm³/mol. The fourth-order valence-electron chi connectivity index (χ4n) is 2.57. The molecule has 0 spiro atoms. The van der Waals surface area contributed by atoms with E-state index in [1.165, 1.54) is 57.8 Å². The second kappa shape index (κ2) is 9.32. The van der Waals surface area contributed by atoms with Crippen LogP contribution in [-0.4, -0.2) is 19.1 Å². The van der Waals surface area contributed by atoms with Crippen LogP contribution in [0.25, 0.3) is 0 Å². The minimum absolute atomic E-state index is 0.0258. The third kappa shape index (κ3) is 7.24. The minimum Gasteiger partial charge on any atom is -0.341 e. The second-order valence-corrected chi connectivity index (χ2v) is 5.18. The first kappa shape index (κ1) is 14.3. The van der Waals surface area contributed by atoms with Crippen LogP contribution in [0.2, 0.25) is 0 Å². The van der Waals surface area contributed by atoms with E-state index in [4.69, 9.17) is 0 Å². The molecule has 0 aromatic heterocycles. The minimum atomic E-state index is -0.0258. The Morgan fingerprint density at radius 2 is 1.24 bits per heavy atom. The summed E-state index contributed by atoms with van der Waals surface area (Å²) < 4.78 is 0. The van der Waals surface area contributed by atoms with Crippen LogP contribution >= 0.6 is 0 Å². The number of hydrogen-bond acceptors (Lipinski definition) is 1. The molecule has 0 aromatic carbocycles. The summed E-state index contributed by atoms with van der Waals surface area (Å²) in [6.45, 7) is 0. The number of carbonyl (C=O) groups is 1. The van der Waals surface area contributed by atoms with Crippen molar-refractivity contribution in [1.29, 1.82) is 0 Å². The van der Waals surface area contributed by atoms with Gasteiger partial charge in [0.1, 0.15) is 0 Å². The van der Waals surface area contributed by atoms with E-state index in [-0.39, 0.29) is 6.03 Å². The van der Waals surface area contributed by atoms with Crippen LogP contribution in [-0.2, 0) is 0 Å². The maximum atomic E-state index is 11.3. The van der Waals surface area contributed by atoms with Gasteiger partial charge in [-0.15, -0.1) is 0 Å². The first-order valence-corrected chi connectivity index (χ1v) is 7.31. The topological polar surface area (TPSA) is 41.1 Å². The van der Waals surface area contributed by atoms with Gasteiger partial charge in [0.05, 0.1) is 0 Å². The van der Waals surface area contributed by atoms with Gasteiger partial charge in [0.2, 0.25) is 0 Å². The molecular weight excluding hydrogens is 212 g/mol. The zero-order chi connectivity index (χ0) is 12.3. The highest BCUT2D eigenvalue weighted by Gasteiger charge is 2.11. The summed E-state index contributed by atoms with van der Waals surface area (Å²) in [6.07, 6.45) is 14.4. The van der Waals surface area contributed by atoms with Crippen LogP contribution in [0.5, 0.6) is 0 Å². The highest BCUT2D eigenvalue weighted by Crippen LogP contribution is 2.16. The molecule has 1 aliphatic rings. The third-order valence-corrected chi connectivity index (χ3v) is 3.67. The van der Waals surface area contributed by atoms with Gasteiger partial charge in [-0.1, -0.05) is 57.8 Å². The molecule has 3 heteroatoms. The lowest BCUT2D eigenvalue weighted by molar-refractivity contribution is 0.236. The highest BCUT2D eigenvalue weighted by atomic mass is 16.2. The zero-order valence-corrected chi connectivity index (χ0v) is 11.3. The molecule has 1 saturated carbocycles. The van der Waals surface area contributed by atoms with Crippen molar-refractivity contribution in [1.82, 2.24) is 10.6 Å². The standard InChI is InChI=1S/C14H28N2O/c1-15-14(17)16-13-11-9-7-5-3-2-4-6-8-10-12-13/h13H,2-12H2,1H3,(H2,15,16,17). The average Bonchev–Trinajstić information content (AvgIpc) is 2.32. The smallest absolute Gasteiger partial charge is 0.314 e. The first-order valence-electron chi connectivity index (χ1n) is 7.31. The number of urea groups is 1. The largest absolute Gasteiger partial charge is 0.341 e.